The number of likely N-dealkylation sites (tertiary alicyclic amines) is 1. The molecule has 44 heavy (non-hydrogen) atoms. The molecule has 3 aromatic carbocycles. The number of hydrogen-bond acceptors (Lipinski definition) is 7. The van der Waals surface area contributed by atoms with Crippen LogP contribution in [0.3, 0.4) is 0 Å². The summed E-state index contributed by atoms with van der Waals surface area (Å²) in [6.07, 6.45) is 0.907. The summed E-state index contributed by atoms with van der Waals surface area (Å²) in [5.41, 5.74) is -0.453. The molecule has 0 aliphatic carbocycles. The Morgan fingerprint density at radius 3 is 2.16 bits per heavy atom. The minimum atomic E-state index is -1.26. The van der Waals surface area contributed by atoms with E-state index in [0.29, 0.717) is 47.9 Å². The SMILES string of the molecule is CCOc1ccc(NC(=O)[C@H]2[C@H]3C(=O)N([C@H](CO)c4ccccc4)C(C(=O)Nc4ccc(OC)cc4)C34CC[C@]2(C)O4)cc1. The summed E-state index contributed by atoms with van der Waals surface area (Å²) >= 11 is 0. The van der Waals surface area contributed by atoms with Crippen molar-refractivity contribution in [2.45, 2.75) is 50.0 Å². The van der Waals surface area contributed by atoms with Crippen molar-refractivity contribution >= 4 is 29.1 Å². The van der Waals surface area contributed by atoms with Crippen LogP contribution in [0.15, 0.2) is 78.9 Å². The maximum Gasteiger partial charge on any atom is 0.250 e. The Morgan fingerprint density at radius 2 is 1.57 bits per heavy atom. The van der Waals surface area contributed by atoms with Gasteiger partial charge in [-0.25, -0.2) is 0 Å². The molecule has 0 radical (unpaired) electrons. The summed E-state index contributed by atoms with van der Waals surface area (Å²) in [5, 5.41) is 16.6. The second kappa shape index (κ2) is 11.6. The van der Waals surface area contributed by atoms with Crippen molar-refractivity contribution in [2.24, 2.45) is 11.8 Å². The van der Waals surface area contributed by atoms with Crippen LogP contribution in [-0.4, -0.2) is 65.3 Å². The Morgan fingerprint density at radius 1 is 0.955 bits per heavy atom. The number of carbonyl (C=O) groups excluding carboxylic acids is 3. The molecule has 3 saturated heterocycles. The molecule has 10 nitrogen and oxygen atoms in total. The van der Waals surface area contributed by atoms with E-state index in [2.05, 4.69) is 10.6 Å². The molecule has 3 amide bonds. The number of methoxy groups -OCH3 is 1. The Labute approximate surface area is 256 Å². The van der Waals surface area contributed by atoms with Crippen LogP contribution < -0.4 is 20.1 Å². The first-order chi connectivity index (χ1) is 21.2. The second-order valence-corrected chi connectivity index (χ2v) is 11.7. The standard InChI is InChI=1S/C34H37N3O7/c1-4-43-25-16-12-22(13-17-25)35-30(39)27-28-32(41)37(26(20-38)21-8-6-5-7-9-21)29(34(28)19-18-33(27,2)44-34)31(40)36-23-10-14-24(42-3)15-11-23/h5-17,26-29,38H,4,18-20H2,1-3H3,(H,35,39)(H,36,40)/t26-,27-,28+,29?,33+,34?/m1/s1. The molecule has 230 valence electrons. The van der Waals surface area contributed by atoms with Crippen LogP contribution in [0.5, 0.6) is 11.5 Å². The molecule has 0 saturated carbocycles. The van der Waals surface area contributed by atoms with E-state index < -0.39 is 53.5 Å². The van der Waals surface area contributed by atoms with E-state index in [1.54, 1.807) is 55.6 Å². The van der Waals surface area contributed by atoms with Gasteiger partial charge in [0.05, 0.1) is 43.8 Å². The van der Waals surface area contributed by atoms with Gasteiger partial charge in [-0.2, -0.15) is 0 Å². The summed E-state index contributed by atoms with van der Waals surface area (Å²) in [4.78, 5) is 44.3. The molecule has 6 atom stereocenters. The fourth-order valence-electron chi connectivity index (χ4n) is 7.34. The highest BCUT2D eigenvalue weighted by atomic mass is 16.5. The highest BCUT2D eigenvalue weighted by molar-refractivity contribution is 6.05. The minimum Gasteiger partial charge on any atom is -0.497 e. The maximum absolute atomic E-state index is 14.6. The normalized spacial score (nSPS) is 27.5. The third-order valence-corrected chi connectivity index (χ3v) is 9.23. The van der Waals surface area contributed by atoms with E-state index >= 15 is 0 Å². The first-order valence-electron chi connectivity index (χ1n) is 14.9. The lowest BCUT2D eigenvalue weighted by Crippen LogP contribution is -2.54. The number of fused-ring (bicyclic) bond motifs is 1. The van der Waals surface area contributed by atoms with E-state index in [1.807, 2.05) is 44.2 Å². The number of aliphatic hydroxyl groups is 1. The molecule has 6 rings (SSSR count). The maximum atomic E-state index is 14.6. The third-order valence-electron chi connectivity index (χ3n) is 9.23. The largest absolute Gasteiger partial charge is 0.497 e. The average Bonchev–Trinajstić information content (AvgIpc) is 3.60. The first-order valence-corrected chi connectivity index (χ1v) is 14.9. The summed E-state index contributed by atoms with van der Waals surface area (Å²) < 4.78 is 17.5. The van der Waals surface area contributed by atoms with E-state index in [1.165, 1.54) is 4.90 Å². The molecular weight excluding hydrogens is 562 g/mol. The van der Waals surface area contributed by atoms with Crippen molar-refractivity contribution in [3.05, 3.63) is 84.4 Å². The predicted molar refractivity (Wildman–Crippen MR) is 163 cm³/mol. The van der Waals surface area contributed by atoms with E-state index in [9.17, 15) is 19.5 Å². The summed E-state index contributed by atoms with van der Waals surface area (Å²) in [6.45, 7) is 3.86. The number of benzene rings is 3. The molecule has 10 heteroatoms. The van der Waals surface area contributed by atoms with Gasteiger partial charge in [-0.1, -0.05) is 30.3 Å². The van der Waals surface area contributed by atoms with E-state index in [0.717, 1.165) is 0 Å². The Bertz CT molecular complexity index is 1530. The molecule has 2 unspecified atom stereocenters. The van der Waals surface area contributed by atoms with Crippen molar-refractivity contribution in [1.29, 1.82) is 0 Å². The van der Waals surface area contributed by atoms with E-state index in [-0.39, 0.29) is 5.91 Å². The van der Waals surface area contributed by atoms with Gasteiger partial charge in [0, 0.05) is 11.4 Å². The molecule has 3 aliphatic rings. The first kappa shape index (κ1) is 29.7. The van der Waals surface area contributed by atoms with Crippen LogP contribution >= 0.6 is 0 Å². The highest BCUT2D eigenvalue weighted by Gasteiger charge is 2.78. The van der Waals surface area contributed by atoms with Crippen molar-refractivity contribution in [3.8, 4) is 11.5 Å². The summed E-state index contributed by atoms with van der Waals surface area (Å²) in [5.74, 6) is -1.65. The van der Waals surface area contributed by atoms with Crippen molar-refractivity contribution in [1.82, 2.24) is 4.90 Å². The Kier molecular flexibility index (Phi) is 7.81. The lowest BCUT2D eigenvalue weighted by molar-refractivity contribution is -0.147. The molecular formula is C34H37N3O7. The van der Waals surface area contributed by atoms with Gasteiger partial charge in [0.25, 0.3) is 0 Å². The summed E-state index contributed by atoms with van der Waals surface area (Å²) in [7, 11) is 1.56. The van der Waals surface area contributed by atoms with E-state index in [4.69, 9.17) is 14.2 Å². The number of carbonyl (C=O) groups is 3. The zero-order valence-corrected chi connectivity index (χ0v) is 25.0. The molecule has 1 spiro atoms. The lowest BCUT2D eigenvalue weighted by atomic mass is 9.66. The number of nitrogens with one attached hydrogen (secondary N) is 2. The summed E-state index contributed by atoms with van der Waals surface area (Å²) in [6, 6.07) is 21.1. The van der Waals surface area contributed by atoms with Crippen molar-refractivity contribution < 1.29 is 33.7 Å². The van der Waals surface area contributed by atoms with Gasteiger partial charge in [0.2, 0.25) is 17.7 Å². The Hall–Kier alpha value is -4.41. The number of amides is 3. The minimum absolute atomic E-state index is 0.354. The second-order valence-electron chi connectivity index (χ2n) is 11.7. The molecule has 3 fully saturated rings. The third kappa shape index (κ3) is 4.88. The molecule has 0 aromatic heterocycles. The number of rotatable bonds is 10. The zero-order valence-electron chi connectivity index (χ0n) is 25.0. The van der Waals surface area contributed by atoms with Crippen LogP contribution in [0.2, 0.25) is 0 Å². The van der Waals surface area contributed by atoms with Gasteiger partial charge < -0.3 is 34.9 Å². The fourth-order valence-corrected chi connectivity index (χ4v) is 7.34. The molecule has 2 bridgehead atoms. The predicted octanol–water partition coefficient (Wildman–Crippen LogP) is 4.17. The monoisotopic (exact) mass is 599 g/mol. The van der Waals surface area contributed by atoms with Crippen molar-refractivity contribution in [3.63, 3.8) is 0 Å². The Balaban J connectivity index is 1.37. The highest BCUT2D eigenvalue weighted by Crippen LogP contribution is 2.64. The number of hydrogen-bond donors (Lipinski definition) is 3. The molecule has 3 aliphatic heterocycles. The van der Waals surface area contributed by atoms with Crippen LogP contribution in [-0.2, 0) is 19.1 Å². The topological polar surface area (TPSA) is 126 Å². The molecule has 3 N–H and O–H groups in total. The van der Waals surface area contributed by atoms with Crippen molar-refractivity contribution in [2.75, 3.05) is 31.0 Å². The number of nitrogens with zero attached hydrogens (tertiary/aromatic N) is 1. The average molecular weight is 600 g/mol. The fraction of sp³-hybridized carbons (Fsp3) is 0.382. The number of anilines is 2. The van der Waals surface area contributed by atoms with Gasteiger partial charge in [-0.3, -0.25) is 14.4 Å². The van der Waals surface area contributed by atoms with Gasteiger partial charge in [0.15, 0.2) is 0 Å². The van der Waals surface area contributed by atoms with Crippen LogP contribution in [0.1, 0.15) is 38.3 Å². The molecule has 3 heterocycles. The number of ether oxygens (including phenoxy) is 3. The quantitative estimate of drug-likeness (QED) is 0.319. The van der Waals surface area contributed by atoms with Gasteiger partial charge >= 0.3 is 0 Å². The van der Waals surface area contributed by atoms with Gasteiger partial charge in [-0.05, 0) is 80.8 Å². The van der Waals surface area contributed by atoms with Gasteiger partial charge in [0.1, 0.15) is 23.1 Å². The molecule has 3 aromatic rings. The smallest absolute Gasteiger partial charge is 0.250 e. The van der Waals surface area contributed by atoms with Gasteiger partial charge in [-0.15, -0.1) is 0 Å². The van der Waals surface area contributed by atoms with Crippen LogP contribution in [0.4, 0.5) is 11.4 Å². The lowest BCUT2D eigenvalue weighted by Gasteiger charge is -2.37. The number of aliphatic hydroxyl groups excluding tert-OH is 1. The van der Waals surface area contributed by atoms with Crippen LogP contribution in [0, 0.1) is 11.8 Å². The zero-order chi connectivity index (χ0) is 31.1. The van der Waals surface area contributed by atoms with Crippen LogP contribution in [0.25, 0.3) is 0 Å².